The van der Waals surface area contributed by atoms with Crippen molar-refractivity contribution >= 4 is 0 Å². The number of hydrazine groups is 1. The Labute approximate surface area is 121 Å². The summed E-state index contributed by atoms with van der Waals surface area (Å²) in [5.74, 6) is 8.89. The van der Waals surface area contributed by atoms with Gasteiger partial charge in [-0.1, -0.05) is 0 Å². The maximum absolute atomic E-state index is 5.87. The van der Waals surface area contributed by atoms with E-state index in [2.05, 4.69) is 16.6 Å². The molecule has 4 aliphatic rings. The molecule has 4 saturated carbocycles. The summed E-state index contributed by atoms with van der Waals surface area (Å²) in [5, 5.41) is 4.30. The maximum atomic E-state index is 5.87. The van der Waals surface area contributed by atoms with Crippen molar-refractivity contribution in [3.63, 3.8) is 0 Å². The second-order valence-corrected chi connectivity index (χ2v) is 7.72. The van der Waals surface area contributed by atoms with Crippen molar-refractivity contribution in [2.45, 2.75) is 51.0 Å². The first kappa shape index (κ1) is 12.8. The molecule has 1 atom stereocenters. The maximum Gasteiger partial charge on any atom is 0.0634 e. The first-order valence-corrected chi connectivity index (χ1v) is 8.11. The fourth-order valence-corrected chi connectivity index (χ4v) is 5.95. The van der Waals surface area contributed by atoms with Gasteiger partial charge in [0.25, 0.3) is 0 Å². The van der Waals surface area contributed by atoms with Crippen molar-refractivity contribution in [1.29, 1.82) is 0 Å². The van der Waals surface area contributed by atoms with Crippen molar-refractivity contribution in [1.82, 2.24) is 15.2 Å². The minimum absolute atomic E-state index is 0.249. The summed E-state index contributed by atoms with van der Waals surface area (Å²) in [6.45, 7) is 0. The van der Waals surface area contributed by atoms with E-state index >= 15 is 0 Å². The van der Waals surface area contributed by atoms with Crippen LogP contribution in [0.1, 0.15) is 56.7 Å². The van der Waals surface area contributed by atoms with Crippen LogP contribution in [-0.4, -0.2) is 9.78 Å². The molecule has 0 aromatic carbocycles. The fourth-order valence-electron chi connectivity index (χ4n) is 5.95. The number of hydrogen-bond acceptors (Lipinski definition) is 3. The molecule has 20 heavy (non-hydrogen) atoms. The lowest BCUT2D eigenvalue weighted by atomic mass is 9.48. The van der Waals surface area contributed by atoms with E-state index in [0.29, 0.717) is 5.41 Å². The minimum atomic E-state index is 0.249. The number of rotatable bonds is 4. The average Bonchev–Trinajstić information content (AvgIpc) is 2.80. The SMILES string of the molecule is Cn1nccc1C(CC12CC3CC(CC(C3)C1)C2)NN. The highest BCUT2D eigenvalue weighted by atomic mass is 15.3. The molecule has 1 unspecified atom stereocenters. The normalized spacial score (nSPS) is 40.2. The molecule has 1 aromatic heterocycles. The number of nitrogens with two attached hydrogens (primary N) is 1. The second kappa shape index (κ2) is 4.57. The smallest absolute Gasteiger partial charge is 0.0634 e. The highest BCUT2D eigenvalue weighted by Gasteiger charge is 2.51. The van der Waals surface area contributed by atoms with E-state index in [0.717, 1.165) is 17.8 Å². The lowest BCUT2D eigenvalue weighted by molar-refractivity contribution is -0.0626. The van der Waals surface area contributed by atoms with E-state index in [9.17, 15) is 0 Å². The van der Waals surface area contributed by atoms with Crippen molar-refractivity contribution < 1.29 is 0 Å². The highest BCUT2D eigenvalue weighted by Crippen LogP contribution is 2.62. The molecule has 0 amide bonds. The van der Waals surface area contributed by atoms with Gasteiger partial charge in [0, 0.05) is 13.2 Å². The van der Waals surface area contributed by atoms with E-state index in [-0.39, 0.29) is 6.04 Å². The van der Waals surface area contributed by atoms with Crippen LogP contribution in [0.4, 0.5) is 0 Å². The molecule has 3 N–H and O–H groups in total. The lowest BCUT2D eigenvalue weighted by Gasteiger charge is -2.57. The third-order valence-electron chi connectivity index (χ3n) is 6.22. The monoisotopic (exact) mass is 274 g/mol. The van der Waals surface area contributed by atoms with Crippen LogP contribution in [0.3, 0.4) is 0 Å². The molecule has 4 heteroatoms. The van der Waals surface area contributed by atoms with Gasteiger partial charge in [0.1, 0.15) is 0 Å². The fraction of sp³-hybridized carbons (Fsp3) is 0.812. The highest BCUT2D eigenvalue weighted by molar-refractivity contribution is 5.10. The zero-order chi connectivity index (χ0) is 13.7. The Balaban J connectivity index is 1.57. The largest absolute Gasteiger partial charge is 0.271 e. The molecule has 1 aromatic rings. The summed E-state index contributed by atoms with van der Waals surface area (Å²) in [6, 6.07) is 2.35. The minimum Gasteiger partial charge on any atom is -0.271 e. The molecule has 4 bridgehead atoms. The molecule has 4 aliphatic carbocycles. The predicted octanol–water partition coefficient (Wildman–Crippen LogP) is 2.53. The Kier molecular flexibility index (Phi) is 2.93. The van der Waals surface area contributed by atoms with Crippen molar-refractivity contribution in [3.05, 3.63) is 18.0 Å². The Bertz CT molecular complexity index is 457. The van der Waals surface area contributed by atoms with Crippen LogP contribution >= 0.6 is 0 Å². The Morgan fingerprint density at radius 1 is 1.30 bits per heavy atom. The number of nitrogens with one attached hydrogen (secondary N) is 1. The van der Waals surface area contributed by atoms with Crippen LogP contribution in [0.2, 0.25) is 0 Å². The topological polar surface area (TPSA) is 55.9 Å². The summed E-state index contributed by atoms with van der Waals surface area (Å²) < 4.78 is 1.96. The standard InChI is InChI=1S/C16H26N4/c1-20-15(2-3-18-20)14(19-17)10-16-7-11-4-12(8-16)6-13(5-11)9-16/h2-3,11-14,19H,4-10,17H2,1H3. The van der Waals surface area contributed by atoms with Crippen LogP contribution in [0.25, 0.3) is 0 Å². The van der Waals surface area contributed by atoms with Crippen LogP contribution in [0, 0.1) is 23.2 Å². The molecule has 1 heterocycles. The van der Waals surface area contributed by atoms with Gasteiger partial charge >= 0.3 is 0 Å². The molecule has 5 rings (SSSR count). The molecule has 4 fully saturated rings. The third-order valence-corrected chi connectivity index (χ3v) is 6.22. The van der Waals surface area contributed by atoms with E-state index in [1.807, 2.05) is 17.9 Å². The van der Waals surface area contributed by atoms with E-state index in [1.165, 1.54) is 50.6 Å². The van der Waals surface area contributed by atoms with E-state index < -0.39 is 0 Å². The van der Waals surface area contributed by atoms with Crippen molar-refractivity contribution in [2.24, 2.45) is 36.1 Å². The first-order chi connectivity index (χ1) is 9.67. The van der Waals surface area contributed by atoms with Gasteiger partial charge in [-0.15, -0.1) is 0 Å². The number of aromatic nitrogens is 2. The Morgan fingerprint density at radius 3 is 2.35 bits per heavy atom. The van der Waals surface area contributed by atoms with Crippen LogP contribution < -0.4 is 11.3 Å². The molecule has 0 spiro atoms. The van der Waals surface area contributed by atoms with E-state index in [4.69, 9.17) is 5.84 Å². The number of nitrogens with zero attached hydrogens (tertiary/aromatic N) is 2. The summed E-state index contributed by atoms with van der Waals surface area (Å²) in [7, 11) is 2.01. The number of hydrogen-bond donors (Lipinski definition) is 2. The summed E-state index contributed by atoms with van der Waals surface area (Å²) in [5.41, 5.74) is 4.84. The van der Waals surface area contributed by atoms with Crippen molar-refractivity contribution in [2.75, 3.05) is 0 Å². The zero-order valence-electron chi connectivity index (χ0n) is 12.4. The summed E-state index contributed by atoms with van der Waals surface area (Å²) in [4.78, 5) is 0. The van der Waals surface area contributed by atoms with Gasteiger partial charge in [0.2, 0.25) is 0 Å². The van der Waals surface area contributed by atoms with Gasteiger partial charge in [-0.05, 0) is 74.2 Å². The van der Waals surface area contributed by atoms with Crippen LogP contribution in [-0.2, 0) is 7.05 Å². The predicted molar refractivity (Wildman–Crippen MR) is 78.5 cm³/mol. The molecular formula is C16H26N4. The quantitative estimate of drug-likeness (QED) is 0.655. The van der Waals surface area contributed by atoms with Gasteiger partial charge < -0.3 is 0 Å². The van der Waals surface area contributed by atoms with Crippen LogP contribution in [0.15, 0.2) is 12.3 Å². The first-order valence-electron chi connectivity index (χ1n) is 8.11. The molecule has 0 aliphatic heterocycles. The molecule has 110 valence electrons. The van der Waals surface area contributed by atoms with Gasteiger partial charge in [0.15, 0.2) is 0 Å². The zero-order valence-corrected chi connectivity index (χ0v) is 12.4. The Morgan fingerprint density at radius 2 is 1.90 bits per heavy atom. The second-order valence-electron chi connectivity index (χ2n) is 7.72. The average molecular weight is 274 g/mol. The van der Waals surface area contributed by atoms with E-state index in [1.54, 1.807) is 0 Å². The summed E-state index contributed by atoms with van der Waals surface area (Å²) in [6.07, 6.45) is 11.9. The van der Waals surface area contributed by atoms with Crippen molar-refractivity contribution in [3.8, 4) is 0 Å². The Hall–Kier alpha value is -0.870. The molecule has 4 nitrogen and oxygen atoms in total. The third kappa shape index (κ3) is 2.01. The van der Waals surface area contributed by atoms with Gasteiger partial charge in [-0.3, -0.25) is 16.0 Å². The van der Waals surface area contributed by atoms with Crippen LogP contribution in [0.5, 0.6) is 0 Å². The summed E-state index contributed by atoms with van der Waals surface area (Å²) >= 11 is 0. The lowest BCUT2D eigenvalue weighted by Crippen LogP contribution is -2.48. The number of aryl methyl sites for hydroxylation is 1. The van der Waals surface area contributed by atoms with Gasteiger partial charge in [-0.25, -0.2) is 0 Å². The molecular weight excluding hydrogens is 248 g/mol. The van der Waals surface area contributed by atoms with Gasteiger partial charge in [-0.2, -0.15) is 5.10 Å². The van der Waals surface area contributed by atoms with Gasteiger partial charge in [0.05, 0.1) is 11.7 Å². The molecule has 0 radical (unpaired) electrons. The molecule has 0 saturated heterocycles.